The van der Waals surface area contributed by atoms with Crippen LogP contribution in [0.3, 0.4) is 0 Å². The number of carbonyl (C=O) groups is 1. The molecule has 0 spiro atoms. The molecule has 1 aromatic rings. The van der Waals surface area contributed by atoms with Crippen molar-refractivity contribution in [1.82, 2.24) is 0 Å². The minimum absolute atomic E-state index is 0.0306. The minimum atomic E-state index is -3.43. The van der Waals surface area contributed by atoms with Crippen LogP contribution in [0.1, 0.15) is 24.2 Å². The summed E-state index contributed by atoms with van der Waals surface area (Å²) in [6, 6.07) is 3.99. The summed E-state index contributed by atoms with van der Waals surface area (Å²) in [6.45, 7) is 3.11. The normalized spacial score (nSPS) is 11.8. The maximum atomic E-state index is 11.8. The second-order valence-corrected chi connectivity index (χ2v) is 6.90. The molecule has 0 bridgehead atoms. The van der Waals surface area contributed by atoms with Gasteiger partial charge in [0.05, 0.1) is 15.7 Å². The number of carboxylic acids is 1. The molecule has 0 atom stereocenters. The molecule has 0 aliphatic carbocycles. The van der Waals surface area contributed by atoms with Crippen molar-refractivity contribution >= 4 is 31.7 Å². The van der Waals surface area contributed by atoms with E-state index >= 15 is 0 Å². The average Bonchev–Trinajstić information content (AvgIpc) is 2.17. The van der Waals surface area contributed by atoms with Crippen LogP contribution in [0.4, 0.5) is 0 Å². The summed E-state index contributed by atoms with van der Waals surface area (Å²) in [5, 5.41) is 8.30. The second-order valence-electron chi connectivity index (χ2n) is 3.54. The molecule has 0 aliphatic rings. The van der Waals surface area contributed by atoms with Crippen LogP contribution in [0, 0.1) is 0 Å². The summed E-state index contributed by atoms with van der Waals surface area (Å²) in [5.41, 5.74) is -0.0540. The highest BCUT2D eigenvalue weighted by atomic mass is 79.9. The maximum absolute atomic E-state index is 11.8. The Morgan fingerprint density at radius 3 is 2.38 bits per heavy atom. The fourth-order valence-corrected chi connectivity index (χ4v) is 2.62. The molecule has 0 saturated heterocycles. The molecule has 88 valence electrons. The van der Waals surface area contributed by atoms with Gasteiger partial charge in [0, 0.05) is 4.47 Å². The molecule has 0 amide bonds. The van der Waals surface area contributed by atoms with Gasteiger partial charge in [-0.25, -0.2) is 13.2 Å². The quantitative estimate of drug-likeness (QED) is 0.930. The SMILES string of the molecule is CC(C)S(=O)(=O)c1ccc(Br)c(C(=O)O)c1. The highest BCUT2D eigenvalue weighted by Gasteiger charge is 2.21. The van der Waals surface area contributed by atoms with Crippen LogP contribution >= 0.6 is 15.9 Å². The van der Waals surface area contributed by atoms with Crippen molar-refractivity contribution in [2.75, 3.05) is 0 Å². The molecule has 4 nitrogen and oxygen atoms in total. The van der Waals surface area contributed by atoms with Gasteiger partial charge in [-0.05, 0) is 48.0 Å². The summed E-state index contributed by atoms with van der Waals surface area (Å²) in [5.74, 6) is -1.16. The molecular formula is C10H11BrO4S. The summed E-state index contributed by atoms with van der Waals surface area (Å²) in [7, 11) is -3.43. The Morgan fingerprint density at radius 2 is 1.94 bits per heavy atom. The predicted molar refractivity (Wildman–Crippen MR) is 63.4 cm³/mol. The van der Waals surface area contributed by atoms with E-state index in [-0.39, 0.29) is 10.5 Å². The smallest absolute Gasteiger partial charge is 0.336 e. The molecule has 0 aliphatic heterocycles. The summed E-state index contributed by atoms with van der Waals surface area (Å²) in [6.07, 6.45) is 0. The zero-order chi connectivity index (χ0) is 12.5. The van der Waals surface area contributed by atoms with Crippen LogP contribution in [-0.2, 0) is 9.84 Å². The van der Waals surface area contributed by atoms with E-state index in [9.17, 15) is 13.2 Å². The van der Waals surface area contributed by atoms with Crippen molar-refractivity contribution in [1.29, 1.82) is 0 Å². The number of halogens is 1. The Bertz CT molecular complexity index is 520. The molecule has 0 fully saturated rings. The van der Waals surface area contributed by atoms with Crippen LogP contribution in [0.25, 0.3) is 0 Å². The fraction of sp³-hybridized carbons (Fsp3) is 0.300. The minimum Gasteiger partial charge on any atom is -0.478 e. The van der Waals surface area contributed by atoms with Gasteiger partial charge in [-0.3, -0.25) is 0 Å². The van der Waals surface area contributed by atoms with Crippen molar-refractivity contribution in [3.8, 4) is 0 Å². The Labute approximate surface area is 102 Å². The number of hydrogen-bond acceptors (Lipinski definition) is 3. The van der Waals surface area contributed by atoms with E-state index in [1.165, 1.54) is 18.2 Å². The Balaban J connectivity index is 3.40. The molecule has 0 heterocycles. The summed E-state index contributed by atoms with van der Waals surface area (Å²) >= 11 is 3.06. The lowest BCUT2D eigenvalue weighted by Crippen LogP contribution is -2.14. The van der Waals surface area contributed by atoms with Gasteiger partial charge in [-0.15, -0.1) is 0 Å². The first-order chi connectivity index (χ1) is 7.26. The number of carboxylic acid groups (broad SMARTS) is 1. The predicted octanol–water partition coefficient (Wildman–Crippen LogP) is 2.33. The Hall–Kier alpha value is -0.880. The number of rotatable bonds is 3. The average molecular weight is 307 g/mol. The lowest BCUT2D eigenvalue weighted by atomic mass is 10.2. The zero-order valence-corrected chi connectivity index (χ0v) is 11.2. The molecule has 1 rings (SSSR count). The Kier molecular flexibility index (Phi) is 3.75. The highest BCUT2D eigenvalue weighted by Crippen LogP contribution is 2.23. The molecular weight excluding hydrogens is 296 g/mol. The van der Waals surface area contributed by atoms with E-state index < -0.39 is 21.1 Å². The first kappa shape index (κ1) is 13.2. The number of hydrogen-bond donors (Lipinski definition) is 1. The lowest BCUT2D eigenvalue weighted by molar-refractivity contribution is 0.0695. The maximum Gasteiger partial charge on any atom is 0.336 e. The van der Waals surface area contributed by atoms with Crippen molar-refractivity contribution in [2.24, 2.45) is 0 Å². The van der Waals surface area contributed by atoms with Crippen LogP contribution in [0.2, 0.25) is 0 Å². The van der Waals surface area contributed by atoms with E-state index in [0.717, 1.165) is 0 Å². The van der Waals surface area contributed by atoms with Crippen LogP contribution in [0.5, 0.6) is 0 Å². The first-order valence-electron chi connectivity index (χ1n) is 4.53. The van der Waals surface area contributed by atoms with Crippen LogP contribution < -0.4 is 0 Å². The lowest BCUT2D eigenvalue weighted by Gasteiger charge is -2.09. The molecule has 0 radical (unpaired) electrons. The molecule has 1 N–H and O–H groups in total. The monoisotopic (exact) mass is 306 g/mol. The van der Waals surface area contributed by atoms with Gasteiger partial charge < -0.3 is 5.11 Å². The first-order valence-corrected chi connectivity index (χ1v) is 6.87. The second kappa shape index (κ2) is 4.55. The molecule has 0 aromatic heterocycles. The molecule has 1 aromatic carbocycles. The third kappa shape index (κ3) is 2.44. The molecule has 0 saturated carbocycles. The third-order valence-corrected chi connectivity index (χ3v) is 4.96. The molecule has 6 heteroatoms. The van der Waals surface area contributed by atoms with Crippen molar-refractivity contribution in [2.45, 2.75) is 24.0 Å². The van der Waals surface area contributed by atoms with Gasteiger partial charge in [0.1, 0.15) is 0 Å². The van der Waals surface area contributed by atoms with E-state index in [2.05, 4.69) is 15.9 Å². The van der Waals surface area contributed by atoms with Gasteiger partial charge >= 0.3 is 5.97 Å². The van der Waals surface area contributed by atoms with Crippen molar-refractivity contribution in [3.05, 3.63) is 28.2 Å². The van der Waals surface area contributed by atoms with Crippen molar-refractivity contribution in [3.63, 3.8) is 0 Å². The van der Waals surface area contributed by atoms with Crippen molar-refractivity contribution < 1.29 is 18.3 Å². The van der Waals surface area contributed by atoms with E-state index in [1.807, 2.05) is 0 Å². The summed E-state index contributed by atoms with van der Waals surface area (Å²) in [4.78, 5) is 10.9. The number of aromatic carboxylic acids is 1. The van der Waals surface area contributed by atoms with Gasteiger partial charge in [0.15, 0.2) is 9.84 Å². The van der Waals surface area contributed by atoms with Gasteiger partial charge in [-0.2, -0.15) is 0 Å². The van der Waals surface area contributed by atoms with E-state index in [1.54, 1.807) is 13.8 Å². The fourth-order valence-electron chi connectivity index (χ4n) is 1.12. The standard InChI is InChI=1S/C10H11BrO4S/c1-6(2)16(14,15)7-3-4-9(11)8(5-7)10(12)13/h3-6H,1-2H3,(H,12,13). The summed E-state index contributed by atoms with van der Waals surface area (Å²) < 4.78 is 24.0. The van der Waals surface area contributed by atoms with E-state index in [4.69, 9.17) is 5.11 Å². The van der Waals surface area contributed by atoms with Gasteiger partial charge in [0.2, 0.25) is 0 Å². The van der Waals surface area contributed by atoms with Gasteiger partial charge in [0.25, 0.3) is 0 Å². The highest BCUT2D eigenvalue weighted by molar-refractivity contribution is 9.10. The number of sulfone groups is 1. The topological polar surface area (TPSA) is 71.4 Å². The van der Waals surface area contributed by atoms with Crippen LogP contribution in [-0.4, -0.2) is 24.7 Å². The van der Waals surface area contributed by atoms with Gasteiger partial charge in [-0.1, -0.05) is 0 Å². The zero-order valence-electron chi connectivity index (χ0n) is 8.77. The largest absolute Gasteiger partial charge is 0.478 e. The molecule has 16 heavy (non-hydrogen) atoms. The molecule has 0 unspecified atom stereocenters. The van der Waals surface area contributed by atoms with E-state index in [0.29, 0.717) is 4.47 Å². The van der Waals surface area contributed by atoms with Crippen LogP contribution in [0.15, 0.2) is 27.6 Å². The Morgan fingerprint density at radius 1 is 1.38 bits per heavy atom. The number of benzene rings is 1. The third-order valence-electron chi connectivity index (χ3n) is 2.12.